The number of benzene rings is 2. The molecule has 9 heteroatoms. The van der Waals surface area contributed by atoms with E-state index in [1.807, 2.05) is 60.3 Å². The van der Waals surface area contributed by atoms with Crippen molar-refractivity contribution in [2.24, 2.45) is 7.05 Å². The van der Waals surface area contributed by atoms with E-state index in [1.54, 1.807) is 38.4 Å². The second-order valence-electron chi connectivity index (χ2n) is 7.87. The quantitative estimate of drug-likeness (QED) is 0.480. The summed E-state index contributed by atoms with van der Waals surface area (Å²) in [4.78, 5) is 31.2. The van der Waals surface area contributed by atoms with E-state index in [2.05, 4.69) is 15.6 Å². The van der Waals surface area contributed by atoms with Crippen molar-refractivity contribution in [2.45, 2.75) is 19.0 Å². The van der Waals surface area contributed by atoms with Gasteiger partial charge in [-0.1, -0.05) is 30.3 Å². The number of ether oxygens (including phenoxy) is 2. The first kappa shape index (κ1) is 24.6. The highest BCUT2D eigenvalue weighted by Gasteiger charge is 2.22. The number of amides is 3. The molecule has 1 atom stereocenters. The predicted octanol–water partition coefficient (Wildman–Crippen LogP) is 2.87. The molecule has 0 aliphatic rings. The van der Waals surface area contributed by atoms with Gasteiger partial charge >= 0.3 is 6.03 Å². The first-order valence-corrected chi connectivity index (χ1v) is 10.9. The SMILES string of the molecule is COc1cc(OC)cc(C(NC(=O)CCNC(=O)N(C)Cc2ccccc2)c2nccn2C)c1. The summed E-state index contributed by atoms with van der Waals surface area (Å²) in [6, 6.07) is 14.4. The fourth-order valence-electron chi connectivity index (χ4n) is 3.53. The van der Waals surface area contributed by atoms with Gasteiger partial charge in [0.1, 0.15) is 23.4 Å². The van der Waals surface area contributed by atoms with Crippen LogP contribution in [-0.4, -0.2) is 54.2 Å². The Morgan fingerprint density at radius 2 is 1.76 bits per heavy atom. The van der Waals surface area contributed by atoms with Gasteiger partial charge < -0.3 is 29.6 Å². The van der Waals surface area contributed by atoms with E-state index in [-0.39, 0.29) is 24.9 Å². The maximum atomic E-state index is 12.8. The number of carbonyl (C=O) groups is 2. The fourth-order valence-corrected chi connectivity index (χ4v) is 3.53. The number of urea groups is 1. The maximum absolute atomic E-state index is 12.8. The molecule has 0 fully saturated rings. The van der Waals surface area contributed by atoms with Crippen LogP contribution in [0, 0.1) is 0 Å². The van der Waals surface area contributed by atoms with Gasteiger partial charge in [-0.05, 0) is 23.3 Å². The average Bonchev–Trinajstić information content (AvgIpc) is 3.28. The van der Waals surface area contributed by atoms with E-state index in [1.165, 1.54) is 0 Å². The number of imidazole rings is 1. The zero-order valence-corrected chi connectivity index (χ0v) is 19.9. The molecule has 34 heavy (non-hydrogen) atoms. The van der Waals surface area contributed by atoms with Gasteiger partial charge in [0.05, 0.1) is 14.2 Å². The molecule has 0 saturated heterocycles. The smallest absolute Gasteiger partial charge is 0.317 e. The Morgan fingerprint density at radius 3 is 2.35 bits per heavy atom. The number of hydrogen-bond acceptors (Lipinski definition) is 5. The van der Waals surface area contributed by atoms with Crippen molar-refractivity contribution in [3.8, 4) is 11.5 Å². The van der Waals surface area contributed by atoms with E-state index in [9.17, 15) is 9.59 Å². The molecule has 2 aromatic carbocycles. The third-order valence-electron chi connectivity index (χ3n) is 5.37. The summed E-state index contributed by atoms with van der Waals surface area (Å²) in [6.07, 6.45) is 3.61. The number of nitrogens with one attached hydrogen (secondary N) is 2. The molecular weight excluding hydrogens is 434 g/mol. The minimum atomic E-state index is -0.520. The van der Waals surface area contributed by atoms with Crippen molar-refractivity contribution >= 4 is 11.9 Å². The maximum Gasteiger partial charge on any atom is 0.317 e. The Bertz CT molecular complexity index is 1080. The Balaban J connectivity index is 1.63. The van der Waals surface area contributed by atoms with E-state index in [0.717, 1.165) is 11.1 Å². The number of nitrogens with zero attached hydrogens (tertiary/aromatic N) is 3. The minimum Gasteiger partial charge on any atom is -0.497 e. The normalized spacial score (nSPS) is 11.4. The predicted molar refractivity (Wildman–Crippen MR) is 129 cm³/mol. The molecule has 2 N–H and O–H groups in total. The van der Waals surface area contributed by atoms with Crippen LogP contribution in [0.5, 0.6) is 11.5 Å². The molecular formula is C25H31N5O4. The van der Waals surface area contributed by atoms with E-state index < -0.39 is 6.04 Å². The molecule has 3 amide bonds. The van der Waals surface area contributed by atoms with Crippen LogP contribution in [0.3, 0.4) is 0 Å². The lowest BCUT2D eigenvalue weighted by Crippen LogP contribution is -2.39. The third kappa shape index (κ3) is 6.50. The molecule has 0 radical (unpaired) electrons. The molecule has 9 nitrogen and oxygen atoms in total. The topological polar surface area (TPSA) is 97.7 Å². The van der Waals surface area contributed by atoms with Crippen LogP contribution >= 0.6 is 0 Å². The third-order valence-corrected chi connectivity index (χ3v) is 5.37. The second kappa shape index (κ2) is 11.7. The molecule has 0 aliphatic heterocycles. The monoisotopic (exact) mass is 465 g/mol. The molecule has 3 rings (SSSR count). The summed E-state index contributed by atoms with van der Waals surface area (Å²) in [7, 11) is 6.73. The van der Waals surface area contributed by atoms with Crippen molar-refractivity contribution in [2.75, 3.05) is 27.8 Å². The van der Waals surface area contributed by atoms with Crippen LogP contribution < -0.4 is 20.1 Å². The number of carbonyl (C=O) groups excluding carboxylic acids is 2. The van der Waals surface area contributed by atoms with Crippen LogP contribution in [-0.2, 0) is 18.4 Å². The van der Waals surface area contributed by atoms with E-state index in [4.69, 9.17) is 9.47 Å². The summed E-state index contributed by atoms with van der Waals surface area (Å²) in [5, 5.41) is 5.82. The Hall–Kier alpha value is -4.01. The molecule has 1 heterocycles. The van der Waals surface area contributed by atoms with Crippen molar-refractivity contribution in [3.63, 3.8) is 0 Å². The number of aromatic nitrogens is 2. The summed E-state index contributed by atoms with van der Waals surface area (Å²) in [6.45, 7) is 0.691. The lowest BCUT2D eigenvalue weighted by Gasteiger charge is -2.21. The summed E-state index contributed by atoms with van der Waals surface area (Å²) in [5.74, 6) is 1.66. The number of hydrogen-bond donors (Lipinski definition) is 2. The zero-order valence-electron chi connectivity index (χ0n) is 19.9. The molecule has 0 saturated carbocycles. The average molecular weight is 466 g/mol. The fraction of sp³-hybridized carbons (Fsp3) is 0.320. The molecule has 1 unspecified atom stereocenters. The van der Waals surface area contributed by atoms with Gasteiger partial charge in [0.25, 0.3) is 0 Å². The molecule has 0 bridgehead atoms. The van der Waals surface area contributed by atoms with Gasteiger partial charge in [0.15, 0.2) is 0 Å². The van der Waals surface area contributed by atoms with Crippen molar-refractivity contribution in [3.05, 3.63) is 77.9 Å². The van der Waals surface area contributed by atoms with Gasteiger partial charge in [0.2, 0.25) is 5.91 Å². The Morgan fingerprint density at radius 1 is 1.09 bits per heavy atom. The second-order valence-corrected chi connectivity index (χ2v) is 7.87. The van der Waals surface area contributed by atoms with Gasteiger partial charge in [-0.15, -0.1) is 0 Å². The summed E-state index contributed by atoms with van der Waals surface area (Å²) < 4.78 is 12.6. The van der Waals surface area contributed by atoms with Crippen LogP contribution in [0.15, 0.2) is 60.9 Å². The summed E-state index contributed by atoms with van der Waals surface area (Å²) >= 11 is 0. The van der Waals surface area contributed by atoms with Crippen molar-refractivity contribution in [1.29, 1.82) is 0 Å². The molecule has 1 aromatic heterocycles. The van der Waals surface area contributed by atoms with E-state index in [0.29, 0.717) is 23.9 Å². The molecule has 180 valence electrons. The van der Waals surface area contributed by atoms with E-state index >= 15 is 0 Å². The Kier molecular flexibility index (Phi) is 8.50. The van der Waals surface area contributed by atoms with Gasteiger partial charge in [-0.25, -0.2) is 9.78 Å². The van der Waals surface area contributed by atoms with Crippen LogP contribution in [0.4, 0.5) is 4.79 Å². The van der Waals surface area contributed by atoms with Crippen LogP contribution in [0.25, 0.3) is 0 Å². The van der Waals surface area contributed by atoms with Gasteiger partial charge in [-0.3, -0.25) is 4.79 Å². The highest BCUT2D eigenvalue weighted by molar-refractivity contribution is 5.79. The largest absolute Gasteiger partial charge is 0.497 e. The number of methoxy groups -OCH3 is 2. The Labute approximate surface area is 199 Å². The minimum absolute atomic E-state index is 0.118. The van der Waals surface area contributed by atoms with Gasteiger partial charge in [0, 0.05) is 52.1 Å². The van der Waals surface area contributed by atoms with Gasteiger partial charge in [-0.2, -0.15) is 0 Å². The standard InChI is InChI=1S/C25H31N5O4/c1-29-13-12-26-24(29)23(19-14-20(33-3)16-21(15-19)34-4)28-22(31)10-11-27-25(32)30(2)17-18-8-6-5-7-9-18/h5-9,12-16,23H,10-11,17H2,1-4H3,(H,27,32)(H,28,31). The van der Waals surface area contributed by atoms with Crippen molar-refractivity contribution in [1.82, 2.24) is 25.1 Å². The first-order valence-electron chi connectivity index (χ1n) is 10.9. The highest BCUT2D eigenvalue weighted by atomic mass is 16.5. The molecule has 0 aliphatic carbocycles. The summed E-state index contributed by atoms with van der Waals surface area (Å²) in [5.41, 5.74) is 1.80. The number of aryl methyl sites for hydroxylation is 1. The number of rotatable bonds is 10. The van der Waals surface area contributed by atoms with Crippen molar-refractivity contribution < 1.29 is 19.1 Å². The molecule has 3 aromatic rings. The lowest BCUT2D eigenvalue weighted by molar-refractivity contribution is -0.121. The zero-order chi connectivity index (χ0) is 24.5. The first-order chi connectivity index (χ1) is 16.4. The molecule has 0 spiro atoms. The lowest BCUT2D eigenvalue weighted by atomic mass is 10.0. The highest BCUT2D eigenvalue weighted by Crippen LogP contribution is 2.29. The van der Waals surface area contributed by atoms with Crippen LogP contribution in [0.2, 0.25) is 0 Å². The van der Waals surface area contributed by atoms with Crippen LogP contribution in [0.1, 0.15) is 29.4 Å².